The fraction of sp³-hybridized carbons (Fsp3) is 0.600. The number of piperidine rings is 1. The number of aryl methyl sites for hydroxylation is 1. The third kappa shape index (κ3) is 2.93. The van der Waals surface area contributed by atoms with E-state index in [9.17, 15) is 8.42 Å². The lowest BCUT2D eigenvalue weighted by Crippen LogP contribution is -2.46. The molecule has 0 aliphatic carbocycles. The first kappa shape index (κ1) is 14.8. The zero-order valence-corrected chi connectivity index (χ0v) is 13.2. The lowest BCUT2D eigenvalue weighted by molar-refractivity contribution is 0.186. The molecule has 6 heteroatoms. The van der Waals surface area contributed by atoms with Crippen LogP contribution in [-0.2, 0) is 10.0 Å². The normalized spacial score (nSPS) is 26.7. The lowest BCUT2D eigenvalue weighted by atomic mass is 10.00. The van der Waals surface area contributed by atoms with Gasteiger partial charge in [-0.1, -0.05) is 6.42 Å². The molecule has 2 atom stereocenters. The summed E-state index contributed by atoms with van der Waals surface area (Å²) in [6.45, 7) is 3.93. The summed E-state index contributed by atoms with van der Waals surface area (Å²) in [5.74, 6) is 0. The fourth-order valence-corrected chi connectivity index (χ4v) is 4.86. The summed E-state index contributed by atoms with van der Waals surface area (Å²) in [4.78, 5) is 2.73. The van der Waals surface area contributed by atoms with Crippen LogP contribution < -0.4 is 10.5 Å². The Morgan fingerprint density at radius 2 is 2.05 bits per heavy atom. The van der Waals surface area contributed by atoms with Gasteiger partial charge in [-0.2, -0.15) is 0 Å². The van der Waals surface area contributed by atoms with Crippen molar-refractivity contribution < 1.29 is 8.42 Å². The Kier molecular flexibility index (Phi) is 3.94. The number of anilines is 1. The average molecular weight is 309 g/mol. The Labute approximate surface area is 126 Å². The molecule has 2 heterocycles. The van der Waals surface area contributed by atoms with Gasteiger partial charge in [-0.15, -0.1) is 0 Å². The van der Waals surface area contributed by atoms with Crippen LogP contribution in [0.2, 0.25) is 0 Å². The van der Waals surface area contributed by atoms with Crippen LogP contribution in [0, 0.1) is 6.92 Å². The highest BCUT2D eigenvalue weighted by Gasteiger charge is 2.37. The third-order valence-corrected chi connectivity index (χ3v) is 6.20. The maximum atomic E-state index is 12.6. The van der Waals surface area contributed by atoms with Crippen LogP contribution in [-0.4, -0.2) is 38.5 Å². The van der Waals surface area contributed by atoms with Crippen molar-refractivity contribution >= 4 is 15.7 Å². The standard InChI is InChI=1S/C15H23N3O2S/c1-11-10-12(5-6-13(11)16)21(19,20)17-14-7-9-18-8-3-2-4-15(14)18/h5-6,10,14-15,17H,2-4,7-9,16H2,1H3. The molecule has 0 bridgehead atoms. The van der Waals surface area contributed by atoms with E-state index >= 15 is 0 Å². The second-order valence-electron chi connectivity index (χ2n) is 6.13. The molecule has 3 N–H and O–H groups in total. The summed E-state index contributed by atoms with van der Waals surface area (Å²) in [6, 6.07) is 5.28. The van der Waals surface area contributed by atoms with Gasteiger partial charge >= 0.3 is 0 Å². The minimum atomic E-state index is -3.47. The number of fused-ring (bicyclic) bond motifs is 1. The molecule has 2 unspecified atom stereocenters. The van der Waals surface area contributed by atoms with Gasteiger partial charge < -0.3 is 5.73 Å². The molecule has 0 spiro atoms. The Bertz CT molecular complexity index is 630. The SMILES string of the molecule is Cc1cc(S(=O)(=O)NC2CCN3CCCCC23)ccc1N. The van der Waals surface area contributed by atoms with E-state index in [0.29, 0.717) is 16.6 Å². The van der Waals surface area contributed by atoms with Crippen LogP contribution >= 0.6 is 0 Å². The quantitative estimate of drug-likeness (QED) is 0.829. The summed E-state index contributed by atoms with van der Waals surface area (Å²) < 4.78 is 28.0. The summed E-state index contributed by atoms with van der Waals surface area (Å²) in [5.41, 5.74) is 7.17. The van der Waals surface area contributed by atoms with Crippen molar-refractivity contribution in [1.29, 1.82) is 0 Å². The predicted octanol–water partition coefficient (Wildman–Crippen LogP) is 1.48. The second-order valence-corrected chi connectivity index (χ2v) is 7.85. The highest BCUT2D eigenvalue weighted by atomic mass is 32.2. The number of hydrogen-bond acceptors (Lipinski definition) is 4. The summed E-state index contributed by atoms with van der Waals surface area (Å²) in [5, 5.41) is 0. The largest absolute Gasteiger partial charge is 0.399 e. The Hall–Kier alpha value is -1.11. The van der Waals surface area contributed by atoms with E-state index in [1.54, 1.807) is 18.2 Å². The lowest BCUT2D eigenvalue weighted by Gasteiger charge is -2.32. The van der Waals surface area contributed by atoms with Gasteiger partial charge in [0.15, 0.2) is 0 Å². The number of benzene rings is 1. The van der Waals surface area contributed by atoms with Crippen molar-refractivity contribution in [3.05, 3.63) is 23.8 Å². The second kappa shape index (κ2) is 5.59. The number of hydrogen-bond donors (Lipinski definition) is 2. The molecule has 2 aliphatic rings. The van der Waals surface area contributed by atoms with Crippen molar-refractivity contribution in [3.63, 3.8) is 0 Å². The molecule has 116 valence electrons. The minimum absolute atomic E-state index is 0.0353. The molecule has 5 nitrogen and oxygen atoms in total. The first-order valence-corrected chi connectivity index (χ1v) is 9.08. The number of nitrogens with two attached hydrogens (primary N) is 1. The van der Waals surface area contributed by atoms with E-state index < -0.39 is 10.0 Å². The summed E-state index contributed by atoms with van der Waals surface area (Å²) >= 11 is 0. The Morgan fingerprint density at radius 3 is 2.81 bits per heavy atom. The van der Waals surface area contributed by atoms with Gasteiger partial charge in [0.2, 0.25) is 10.0 Å². The van der Waals surface area contributed by atoms with Crippen LogP contribution in [0.5, 0.6) is 0 Å². The zero-order valence-electron chi connectivity index (χ0n) is 12.4. The molecule has 3 rings (SSSR count). The maximum absolute atomic E-state index is 12.6. The van der Waals surface area contributed by atoms with Crippen LogP contribution in [0.3, 0.4) is 0 Å². The van der Waals surface area contributed by atoms with Crippen molar-refractivity contribution in [3.8, 4) is 0 Å². The molecule has 1 aromatic carbocycles. The molecular weight excluding hydrogens is 286 g/mol. The number of nitrogens with zero attached hydrogens (tertiary/aromatic N) is 1. The third-order valence-electron chi connectivity index (χ3n) is 4.71. The van der Waals surface area contributed by atoms with Crippen molar-refractivity contribution in [1.82, 2.24) is 9.62 Å². The number of nitrogen functional groups attached to an aromatic ring is 1. The molecule has 0 radical (unpaired) electrons. The molecule has 0 amide bonds. The highest BCUT2D eigenvalue weighted by Crippen LogP contribution is 2.28. The first-order chi connectivity index (χ1) is 9.97. The topological polar surface area (TPSA) is 75.4 Å². The van der Waals surface area contributed by atoms with Gasteiger partial charge in [-0.25, -0.2) is 13.1 Å². The predicted molar refractivity (Wildman–Crippen MR) is 83.5 cm³/mol. The fourth-order valence-electron chi connectivity index (χ4n) is 3.47. The average Bonchev–Trinajstić information content (AvgIpc) is 2.85. The van der Waals surface area contributed by atoms with Crippen LogP contribution in [0.25, 0.3) is 0 Å². The van der Waals surface area contributed by atoms with Gasteiger partial charge in [0.1, 0.15) is 0 Å². The van der Waals surface area contributed by atoms with Gasteiger partial charge in [0.05, 0.1) is 4.90 Å². The number of rotatable bonds is 3. The van der Waals surface area contributed by atoms with E-state index in [0.717, 1.165) is 31.5 Å². The van der Waals surface area contributed by atoms with E-state index in [1.807, 2.05) is 6.92 Å². The number of sulfonamides is 1. The first-order valence-electron chi connectivity index (χ1n) is 7.60. The molecule has 0 aromatic heterocycles. The van der Waals surface area contributed by atoms with E-state index in [2.05, 4.69) is 9.62 Å². The molecule has 21 heavy (non-hydrogen) atoms. The van der Waals surface area contributed by atoms with Crippen molar-refractivity contribution in [2.75, 3.05) is 18.8 Å². The smallest absolute Gasteiger partial charge is 0.240 e. The van der Waals surface area contributed by atoms with E-state index in [1.165, 1.54) is 12.8 Å². The van der Waals surface area contributed by atoms with Crippen LogP contribution in [0.15, 0.2) is 23.1 Å². The monoisotopic (exact) mass is 309 g/mol. The van der Waals surface area contributed by atoms with Crippen LogP contribution in [0.1, 0.15) is 31.2 Å². The maximum Gasteiger partial charge on any atom is 0.240 e. The van der Waals surface area contributed by atoms with Gasteiger partial charge in [0, 0.05) is 24.3 Å². The molecule has 0 saturated carbocycles. The molecule has 2 fully saturated rings. The summed E-state index contributed by atoms with van der Waals surface area (Å²) in [6.07, 6.45) is 4.42. The molecule has 2 aliphatic heterocycles. The van der Waals surface area contributed by atoms with Gasteiger partial charge in [0.25, 0.3) is 0 Å². The van der Waals surface area contributed by atoms with E-state index in [-0.39, 0.29) is 6.04 Å². The van der Waals surface area contributed by atoms with Gasteiger partial charge in [-0.3, -0.25) is 4.90 Å². The Morgan fingerprint density at radius 1 is 1.24 bits per heavy atom. The van der Waals surface area contributed by atoms with Crippen molar-refractivity contribution in [2.24, 2.45) is 0 Å². The molecule has 2 saturated heterocycles. The van der Waals surface area contributed by atoms with Gasteiger partial charge in [-0.05, 0) is 56.5 Å². The number of nitrogens with one attached hydrogen (secondary N) is 1. The molecular formula is C15H23N3O2S. The van der Waals surface area contributed by atoms with Crippen molar-refractivity contribution in [2.45, 2.75) is 49.6 Å². The summed E-state index contributed by atoms with van der Waals surface area (Å²) in [7, 11) is -3.47. The highest BCUT2D eigenvalue weighted by molar-refractivity contribution is 7.89. The van der Waals surface area contributed by atoms with Crippen LogP contribution in [0.4, 0.5) is 5.69 Å². The Balaban J connectivity index is 1.78. The van der Waals surface area contributed by atoms with E-state index in [4.69, 9.17) is 5.73 Å². The minimum Gasteiger partial charge on any atom is -0.399 e. The molecule has 1 aromatic rings. The zero-order chi connectivity index (χ0) is 15.0.